The van der Waals surface area contributed by atoms with Crippen LogP contribution in [0, 0.1) is 5.41 Å². The monoisotopic (exact) mass is 187 g/mol. The molecular formula is C10H21NO2. The van der Waals surface area contributed by atoms with Gasteiger partial charge in [-0.1, -0.05) is 33.6 Å². The topological polar surface area (TPSA) is 63.3 Å². The number of rotatable bonds is 6. The van der Waals surface area contributed by atoms with E-state index in [1.54, 1.807) is 0 Å². The molecule has 0 aromatic carbocycles. The van der Waals surface area contributed by atoms with E-state index in [4.69, 9.17) is 10.8 Å². The Balaban J connectivity index is 4.01. The maximum atomic E-state index is 10.4. The van der Waals surface area contributed by atoms with E-state index in [-0.39, 0.29) is 17.9 Å². The van der Waals surface area contributed by atoms with Gasteiger partial charge >= 0.3 is 5.97 Å². The molecular weight excluding hydrogens is 166 g/mol. The van der Waals surface area contributed by atoms with Gasteiger partial charge in [-0.25, -0.2) is 0 Å². The molecule has 0 aliphatic heterocycles. The van der Waals surface area contributed by atoms with Gasteiger partial charge in [0.15, 0.2) is 0 Å². The van der Waals surface area contributed by atoms with Crippen molar-refractivity contribution < 1.29 is 9.90 Å². The maximum Gasteiger partial charge on any atom is 0.304 e. The Kier molecular flexibility index (Phi) is 4.99. The first-order valence-corrected chi connectivity index (χ1v) is 4.91. The lowest BCUT2D eigenvalue weighted by Gasteiger charge is -2.29. The molecule has 0 aliphatic carbocycles. The van der Waals surface area contributed by atoms with Crippen LogP contribution in [0.5, 0.6) is 0 Å². The molecule has 3 nitrogen and oxygen atoms in total. The van der Waals surface area contributed by atoms with Crippen molar-refractivity contribution in [2.24, 2.45) is 11.1 Å². The average molecular weight is 187 g/mol. The third-order valence-electron chi connectivity index (χ3n) is 2.90. The zero-order chi connectivity index (χ0) is 10.5. The fourth-order valence-electron chi connectivity index (χ4n) is 1.47. The smallest absolute Gasteiger partial charge is 0.304 e. The fourth-order valence-corrected chi connectivity index (χ4v) is 1.47. The molecule has 0 amide bonds. The first-order valence-electron chi connectivity index (χ1n) is 4.91. The third-order valence-corrected chi connectivity index (χ3v) is 2.90. The minimum atomic E-state index is -0.804. The lowest BCUT2D eigenvalue weighted by atomic mass is 9.78. The molecule has 0 saturated carbocycles. The first-order chi connectivity index (χ1) is 5.93. The Morgan fingerprint density at radius 2 is 1.92 bits per heavy atom. The molecule has 1 unspecified atom stereocenters. The molecule has 0 spiro atoms. The Labute approximate surface area is 80.3 Å². The number of carboxylic acids is 1. The standard InChI is InChI=1S/C10H21NO2/c1-4-10(3,5-2)7-8(11)6-9(12)13/h8H,4-7,11H2,1-3H3,(H,12,13). The summed E-state index contributed by atoms with van der Waals surface area (Å²) >= 11 is 0. The summed E-state index contributed by atoms with van der Waals surface area (Å²) in [5.41, 5.74) is 5.93. The van der Waals surface area contributed by atoms with E-state index in [1.165, 1.54) is 0 Å². The minimum Gasteiger partial charge on any atom is -0.481 e. The maximum absolute atomic E-state index is 10.4. The lowest BCUT2D eigenvalue weighted by Crippen LogP contribution is -2.31. The number of hydrogen-bond acceptors (Lipinski definition) is 2. The first kappa shape index (κ1) is 12.4. The molecule has 0 aliphatic rings. The number of carboxylic acid groups (broad SMARTS) is 1. The molecule has 0 aromatic heterocycles. The molecule has 3 heteroatoms. The van der Waals surface area contributed by atoms with E-state index in [0.29, 0.717) is 0 Å². The van der Waals surface area contributed by atoms with E-state index in [1.807, 2.05) is 0 Å². The number of carbonyl (C=O) groups is 1. The quantitative estimate of drug-likeness (QED) is 0.668. The molecule has 1 atom stereocenters. The number of aliphatic carboxylic acids is 1. The van der Waals surface area contributed by atoms with Gasteiger partial charge in [-0.05, 0) is 11.8 Å². The van der Waals surface area contributed by atoms with Crippen LogP contribution in [0.4, 0.5) is 0 Å². The fraction of sp³-hybridized carbons (Fsp3) is 0.900. The molecule has 13 heavy (non-hydrogen) atoms. The Morgan fingerprint density at radius 3 is 2.23 bits per heavy atom. The summed E-state index contributed by atoms with van der Waals surface area (Å²) in [5, 5.41) is 8.55. The van der Waals surface area contributed by atoms with Crippen molar-refractivity contribution in [3.05, 3.63) is 0 Å². The van der Waals surface area contributed by atoms with Crippen molar-refractivity contribution in [2.75, 3.05) is 0 Å². The van der Waals surface area contributed by atoms with Crippen LogP contribution in [0.25, 0.3) is 0 Å². The predicted octanol–water partition coefficient (Wildman–Crippen LogP) is 2.00. The Hall–Kier alpha value is -0.570. The van der Waals surface area contributed by atoms with Crippen LogP contribution >= 0.6 is 0 Å². The van der Waals surface area contributed by atoms with Crippen molar-refractivity contribution in [2.45, 2.75) is 52.5 Å². The van der Waals surface area contributed by atoms with Gasteiger partial charge < -0.3 is 10.8 Å². The summed E-state index contributed by atoms with van der Waals surface area (Å²) in [6, 6.07) is -0.206. The summed E-state index contributed by atoms with van der Waals surface area (Å²) in [6.45, 7) is 6.41. The molecule has 0 radical (unpaired) electrons. The van der Waals surface area contributed by atoms with E-state index < -0.39 is 5.97 Å². The van der Waals surface area contributed by atoms with Gasteiger partial charge in [0.2, 0.25) is 0 Å². The van der Waals surface area contributed by atoms with E-state index in [9.17, 15) is 4.79 Å². The Bertz CT molecular complexity index is 164. The molecule has 3 N–H and O–H groups in total. The molecule has 78 valence electrons. The van der Waals surface area contributed by atoms with Gasteiger partial charge in [-0.15, -0.1) is 0 Å². The van der Waals surface area contributed by atoms with Gasteiger partial charge in [0.1, 0.15) is 0 Å². The normalized spacial score (nSPS) is 14.2. The molecule has 0 rings (SSSR count). The molecule has 0 aromatic rings. The molecule has 0 fully saturated rings. The zero-order valence-corrected chi connectivity index (χ0v) is 8.84. The van der Waals surface area contributed by atoms with Gasteiger partial charge in [0.05, 0.1) is 6.42 Å². The summed E-state index contributed by atoms with van der Waals surface area (Å²) in [5.74, 6) is -0.804. The lowest BCUT2D eigenvalue weighted by molar-refractivity contribution is -0.137. The summed E-state index contributed by atoms with van der Waals surface area (Å²) < 4.78 is 0. The zero-order valence-electron chi connectivity index (χ0n) is 8.84. The van der Waals surface area contributed by atoms with Crippen LogP contribution in [0.15, 0.2) is 0 Å². The summed E-state index contributed by atoms with van der Waals surface area (Å²) in [4.78, 5) is 10.4. The number of nitrogens with two attached hydrogens (primary N) is 1. The highest BCUT2D eigenvalue weighted by molar-refractivity contribution is 5.67. The largest absolute Gasteiger partial charge is 0.481 e. The van der Waals surface area contributed by atoms with Crippen LogP contribution < -0.4 is 5.73 Å². The van der Waals surface area contributed by atoms with Crippen LogP contribution in [0.1, 0.15) is 46.5 Å². The highest BCUT2D eigenvalue weighted by Crippen LogP contribution is 2.31. The molecule has 0 heterocycles. The van der Waals surface area contributed by atoms with Crippen LogP contribution in [-0.2, 0) is 4.79 Å². The second-order valence-electron chi connectivity index (χ2n) is 4.08. The number of hydrogen-bond donors (Lipinski definition) is 2. The highest BCUT2D eigenvalue weighted by atomic mass is 16.4. The SMILES string of the molecule is CCC(C)(CC)CC(N)CC(=O)O. The minimum absolute atomic E-state index is 0.0790. The molecule has 0 saturated heterocycles. The van der Waals surface area contributed by atoms with Gasteiger partial charge in [0, 0.05) is 6.04 Å². The van der Waals surface area contributed by atoms with E-state index in [2.05, 4.69) is 20.8 Å². The van der Waals surface area contributed by atoms with Crippen molar-refractivity contribution in [3.63, 3.8) is 0 Å². The van der Waals surface area contributed by atoms with Crippen molar-refractivity contribution >= 4 is 5.97 Å². The predicted molar refractivity (Wildman–Crippen MR) is 53.5 cm³/mol. The van der Waals surface area contributed by atoms with Crippen molar-refractivity contribution in [1.29, 1.82) is 0 Å². The average Bonchev–Trinajstić information content (AvgIpc) is 2.02. The summed E-state index contributed by atoms with van der Waals surface area (Å²) in [7, 11) is 0. The van der Waals surface area contributed by atoms with Crippen LogP contribution in [0.3, 0.4) is 0 Å². The second kappa shape index (κ2) is 5.22. The van der Waals surface area contributed by atoms with E-state index in [0.717, 1.165) is 19.3 Å². The van der Waals surface area contributed by atoms with Crippen LogP contribution in [-0.4, -0.2) is 17.1 Å². The van der Waals surface area contributed by atoms with Crippen LogP contribution in [0.2, 0.25) is 0 Å². The molecule has 0 bridgehead atoms. The summed E-state index contributed by atoms with van der Waals surface area (Å²) in [6.07, 6.45) is 2.98. The third kappa shape index (κ3) is 4.88. The second-order valence-corrected chi connectivity index (χ2v) is 4.08. The van der Waals surface area contributed by atoms with Crippen molar-refractivity contribution in [3.8, 4) is 0 Å². The van der Waals surface area contributed by atoms with E-state index >= 15 is 0 Å². The van der Waals surface area contributed by atoms with Gasteiger partial charge in [0.25, 0.3) is 0 Å². The van der Waals surface area contributed by atoms with Crippen molar-refractivity contribution in [1.82, 2.24) is 0 Å². The Morgan fingerprint density at radius 1 is 1.46 bits per heavy atom. The van der Waals surface area contributed by atoms with Gasteiger partial charge in [-0.3, -0.25) is 4.79 Å². The highest BCUT2D eigenvalue weighted by Gasteiger charge is 2.23. The van der Waals surface area contributed by atoms with Gasteiger partial charge in [-0.2, -0.15) is 0 Å².